The van der Waals surface area contributed by atoms with Crippen LogP contribution in [-0.4, -0.2) is 24.2 Å². The van der Waals surface area contributed by atoms with Gasteiger partial charge in [0.15, 0.2) is 0 Å². The van der Waals surface area contributed by atoms with Crippen molar-refractivity contribution in [2.24, 2.45) is 0 Å². The van der Waals surface area contributed by atoms with Crippen LogP contribution in [-0.2, 0) is 5.88 Å². The summed E-state index contributed by atoms with van der Waals surface area (Å²) in [5.41, 5.74) is 0.431. The molecule has 92 valence electrons. The van der Waals surface area contributed by atoms with Gasteiger partial charge in [0.2, 0.25) is 0 Å². The molecule has 0 amide bonds. The SMILES string of the molecule is CCCN(CC(F)(F)F)c1nc(CCl)co1. The smallest absolute Gasteiger partial charge is 0.406 e. The van der Waals surface area contributed by atoms with Crippen LogP contribution in [0.3, 0.4) is 0 Å². The van der Waals surface area contributed by atoms with Crippen LogP contribution in [0.25, 0.3) is 0 Å². The van der Waals surface area contributed by atoms with Gasteiger partial charge in [0.1, 0.15) is 12.8 Å². The molecule has 7 heteroatoms. The van der Waals surface area contributed by atoms with E-state index in [-0.39, 0.29) is 18.4 Å². The van der Waals surface area contributed by atoms with Crippen LogP contribution in [0.2, 0.25) is 0 Å². The number of rotatable bonds is 5. The van der Waals surface area contributed by atoms with Crippen molar-refractivity contribution in [3.05, 3.63) is 12.0 Å². The number of halogens is 4. The van der Waals surface area contributed by atoms with Crippen molar-refractivity contribution in [1.29, 1.82) is 0 Å². The van der Waals surface area contributed by atoms with E-state index >= 15 is 0 Å². The van der Waals surface area contributed by atoms with Crippen molar-refractivity contribution in [1.82, 2.24) is 4.98 Å². The maximum Gasteiger partial charge on any atom is 0.406 e. The zero-order chi connectivity index (χ0) is 12.2. The standard InChI is InChI=1S/C9H12ClF3N2O/c1-2-3-15(6-9(11,12)13)8-14-7(4-10)5-16-8/h5H,2-4,6H2,1H3. The first-order chi connectivity index (χ1) is 7.46. The molecule has 0 radical (unpaired) electrons. The zero-order valence-corrected chi connectivity index (χ0v) is 9.48. The van der Waals surface area contributed by atoms with Gasteiger partial charge in [0.05, 0.1) is 11.6 Å². The predicted molar refractivity (Wildman–Crippen MR) is 54.6 cm³/mol. The van der Waals surface area contributed by atoms with Crippen molar-refractivity contribution in [2.75, 3.05) is 18.0 Å². The van der Waals surface area contributed by atoms with Crippen LogP contribution in [0, 0.1) is 0 Å². The van der Waals surface area contributed by atoms with Gasteiger partial charge in [-0.25, -0.2) is 0 Å². The van der Waals surface area contributed by atoms with Crippen molar-refractivity contribution in [3.8, 4) is 0 Å². The number of hydrogen-bond donors (Lipinski definition) is 0. The van der Waals surface area contributed by atoms with Crippen molar-refractivity contribution < 1.29 is 17.6 Å². The minimum Gasteiger partial charge on any atom is -0.432 e. The molecule has 0 aromatic carbocycles. The maximum absolute atomic E-state index is 12.3. The van der Waals surface area contributed by atoms with E-state index in [2.05, 4.69) is 4.98 Å². The monoisotopic (exact) mass is 256 g/mol. The van der Waals surface area contributed by atoms with Crippen molar-refractivity contribution >= 4 is 17.6 Å². The highest BCUT2D eigenvalue weighted by atomic mass is 35.5. The van der Waals surface area contributed by atoms with Crippen molar-refractivity contribution in [2.45, 2.75) is 25.4 Å². The Kier molecular flexibility index (Phi) is 4.46. The summed E-state index contributed by atoms with van der Waals surface area (Å²) in [6.45, 7) is 0.958. The largest absolute Gasteiger partial charge is 0.432 e. The molecule has 1 heterocycles. The number of hydrogen-bond acceptors (Lipinski definition) is 3. The molecule has 0 unspecified atom stereocenters. The number of nitrogens with zero attached hydrogens (tertiary/aromatic N) is 2. The normalized spacial score (nSPS) is 11.8. The Balaban J connectivity index is 2.76. The van der Waals surface area contributed by atoms with E-state index in [0.717, 1.165) is 4.90 Å². The minimum atomic E-state index is -4.27. The van der Waals surface area contributed by atoms with Gasteiger partial charge in [-0.05, 0) is 6.42 Å². The molecule has 1 aromatic rings. The fourth-order valence-corrected chi connectivity index (χ4v) is 1.35. The second-order valence-electron chi connectivity index (χ2n) is 3.29. The lowest BCUT2D eigenvalue weighted by Gasteiger charge is -2.21. The molecule has 0 saturated heterocycles. The van der Waals surface area contributed by atoms with E-state index in [1.165, 1.54) is 6.26 Å². The Morgan fingerprint density at radius 3 is 2.62 bits per heavy atom. The highest BCUT2D eigenvalue weighted by Gasteiger charge is 2.32. The van der Waals surface area contributed by atoms with Crippen LogP contribution in [0.4, 0.5) is 19.2 Å². The Morgan fingerprint density at radius 2 is 2.19 bits per heavy atom. The summed E-state index contributed by atoms with van der Waals surface area (Å²) in [6.07, 6.45) is -2.43. The van der Waals surface area contributed by atoms with Gasteiger partial charge >= 0.3 is 6.18 Å². The molecule has 3 nitrogen and oxygen atoms in total. The lowest BCUT2D eigenvalue weighted by molar-refractivity contribution is -0.120. The van der Waals surface area contributed by atoms with Gasteiger partial charge < -0.3 is 9.32 Å². The molecule has 0 spiro atoms. The molecule has 0 aliphatic rings. The minimum absolute atomic E-state index is 0.0326. The van der Waals surface area contributed by atoms with Crippen LogP contribution in [0.1, 0.15) is 19.0 Å². The highest BCUT2D eigenvalue weighted by molar-refractivity contribution is 6.16. The number of alkyl halides is 4. The van der Waals surface area contributed by atoms with Crippen LogP contribution >= 0.6 is 11.6 Å². The molecule has 1 rings (SSSR count). The van der Waals surface area contributed by atoms with Crippen LogP contribution < -0.4 is 4.90 Å². The molecular formula is C9H12ClF3N2O. The van der Waals surface area contributed by atoms with E-state index in [0.29, 0.717) is 12.1 Å². The van der Waals surface area contributed by atoms with E-state index in [1.807, 2.05) is 0 Å². The highest BCUT2D eigenvalue weighted by Crippen LogP contribution is 2.22. The van der Waals surface area contributed by atoms with Gasteiger partial charge in [0, 0.05) is 6.54 Å². The molecule has 0 atom stereocenters. The number of anilines is 1. The van der Waals surface area contributed by atoms with E-state index in [1.54, 1.807) is 6.92 Å². The second kappa shape index (κ2) is 5.43. The first-order valence-corrected chi connectivity index (χ1v) is 5.31. The summed E-state index contributed by atoms with van der Waals surface area (Å²) in [4.78, 5) is 4.91. The maximum atomic E-state index is 12.3. The van der Waals surface area contributed by atoms with Crippen molar-refractivity contribution in [3.63, 3.8) is 0 Å². The third-order valence-corrected chi connectivity index (χ3v) is 2.08. The van der Waals surface area contributed by atoms with Crippen LogP contribution in [0.15, 0.2) is 10.7 Å². The molecule has 0 bridgehead atoms. The third kappa shape index (κ3) is 3.92. The Bertz CT molecular complexity index is 327. The molecule has 1 aromatic heterocycles. The average molecular weight is 257 g/mol. The lowest BCUT2D eigenvalue weighted by Crippen LogP contribution is -2.35. The summed E-state index contributed by atoms with van der Waals surface area (Å²) in [6, 6.07) is -0.0326. The third-order valence-electron chi connectivity index (χ3n) is 1.81. The zero-order valence-electron chi connectivity index (χ0n) is 8.72. The number of oxazole rings is 1. The van der Waals surface area contributed by atoms with E-state index in [9.17, 15) is 13.2 Å². The molecule has 0 aliphatic heterocycles. The fraction of sp³-hybridized carbons (Fsp3) is 0.667. The summed E-state index contributed by atoms with van der Waals surface area (Å²) in [7, 11) is 0. The summed E-state index contributed by atoms with van der Waals surface area (Å²) < 4.78 is 41.7. The number of aromatic nitrogens is 1. The first kappa shape index (κ1) is 13.2. The van der Waals surface area contributed by atoms with Gasteiger partial charge in [-0.1, -0.05) is 6.92 Å². The first-order valence-electron chi connectivity index (χ1n) is 4.78. The summed E-state index contributed by atoms with van der Waals surface area (Å²) >= 11 is 5.49. The Hall–Kier alpha value is -0.910. The van der Waals surface area contributed by atoms with E-state index in [4.69, 9.17) is 16.0 Å². The topological polar surface area (TPSA) is 29.3 Å². The molecule has 0 aliphatic carbocycles. The molecular weight excluding hydrogens is 245 g/mol. The van der Waals surface area contributed by atoms with Gasteiger partial charge in [-0.15, -0.1) is 11.6 Å². The molecule has 0 saturated carbocycles. The van der Waals surface area contributed by atoms with Gasteiger partial charge in [-0.3, -0.25) is 0 Å². The summed E-state index contributed by atoms with van der Waals surface area (Å²) in [5.74, 6) is 0.121. The Labute approximate surface area is 96.2 Å². The second-order valence-corrected chi connectivity index (χ2v) is 3.56. The van der Waals surface area contributed by atoms with Crippen LogP contribution in [0.5, 0.6) is 0 Å². The average Bonchev–Trinajstić information content (AvgIpc) is 2.63. The summed E-state index contributed by atoms with van der Waals surface area (Å²) in [5, 5.41) is 0. The molecule has 0 fully saturated rings. The molecule has 0 N–H and O–H groups in total. The van der Waals surface area contributed by atoms with E-state index < -0.39 is 12.7 Å². The fourth-order valence-electron chi connectivity index (χ4n) is 1.23. The molecule has 16 heavy (non-hydrogen) atoms. The Morgan fingerprint density at radius 1 is 1.50 bits per heavy atom. The van der Waals surface area contributed by atoms with Gasteiger partial charge in [0.25, 0.3) is 6.01 Å². The predicted octanol–water partition coefficient (Wildman–Crippen LogP) is 3.19. The lowest BCUT2D eigenvalue weighted by atomic mass is 10.4. The quantitative estimate of drug-likeness (QED) is 0.758. The van der Waals surface area contributed by atoms with Gasteiger partial charge in [-0.2, -0.15) is 18.2 Å².